The van der Waals surface area contributed by atoms with Crippen molar-refractivity contribution in [1.82, 2.24) is 10.3 Å². The summed E-state index contributed by atoms with van der Waals surface area (Å²) < 4.78 is 5.12. The zero-order valence-corrected chi connectivity index (χ0v) is 14.6. The summed E-state index contributed by atoms with van der Waals surface area (Å²) in [6.45, 7) is 0.637. The summed E-state index contributed by atoms with van der Waals surface area (Å²) in [5.41, 5.74) is 1.65. The second-order valence-corrected chi connectivity index (χ2v) is 5.55. The molecule has 0 atom stereocenters. The molecule has 0 unspecified atom stereocenters. The second-order valence-electron chi connectivity index (χ2n) is 4.29. The summed E-state index contributed by atoms with van der Waals surface area (Å²) in [5.74, 6) is 0.564. The average molecular weight is 362 g/mol. The molecule has 0 saturated heterocycles. The van der Waals surface area contributed by atoms with E-state index in [1.807, 2.05) is 18.5 Å². The predicted octanol–water partition coefficient (Wildman–Crippen LogP) is 3.44. The summed E-state index contributed by atoms with van der Waals surface area (Å²) in [7, 11) is 3.38. The number of benzene rings is 1. The van der Waals surface area contributed by atoms with Crippen molar-refractivity contribution >= 4 is 46.4 Å². The number of hydrogen-bond acceptors (Lipinski definition) is 5. The van der Waals surface area contributed by atoms with Gasteiger partial charge in [-0.25, -0.2) is 4.98 Å². The Balaban J connectivity index is 0.00000242. The standard InChI is InChI=1S/C14H16ClN3O2S.ClH/c1-16-6-5-13(19)18-14-17-11(8-21-14)9-3-4-12(20-2)10(15)7-9;/h3-4,7-8,16H,5-6H2,1-2H3,(H,17,18,19);1H. The van der Waals surface area contributed by atoms with Gasteiger partial charge in [-0.2, -0.15) is 0 Å². The van der Waals surface area contributed by atoms with Crippen LogP contribution in [0.2, 0.25) is 5.02 Å². The molecule has 0 aliphatic carbocycles. The minimum atomic E-state index is -0.0574. The van der Waals surface area contributed by atoms with Gasteiger partial charge in [-0.05, 0) is 25.2 Å². The Morgan fingerprint density at radius 2 is 2.23 bits per heavy atom. The number of anilines is 1. The molecule has 2 aromatic rings. The highest BCUT2D eigenvalue weighted by Crippen LogP contribution is 2.31. The molecule has 22 heavy (non-hydrogen) atoms. The van der Waals surface area contributed by atoms with Crippen LogP contribution in [0, 0.1) is 0 Å². The van der Waals surface area contributed by atoms with Crippen LogP contribution in [0.15, 0.2) is 23.6 Å². The lowest BCUT2D eigenvalue weighted by atomic mass is 10.2. The van der Waals surface area contributed by atoms with Gasteiger partial charge >= 0.3 is 0 Å². The van der Waals surface area contributed by atoms with E-state index < -0.39 is 0 Å². The van der Waals surface area contributed by atoms with E-state index in [4.69, 9.17) is 16.3 Å². The summed E-state index contributed by atoms with van der Waals surface area (Å²) in [6, 6.07) is 5.47. The SMILES string of the molecule is CNCCC(=O)Nc1nc(-c2ccc(OC)c(Cl)c2)cs1.Cl. The first-order valence-corrected chi connectivity index (χ1v) is 7.63. The maximum absolute atomic E-state index is 11.6. The Bertz CT molecular complexity index is 634. The van der Waals surface area contributed by atoms with Crippen molar-refractivity contribution in [1.29, 1.82) is 0 Å². The number of aromatic nitrogens is 1. The van der Waals surface area contributed by atoms with Crippen LogP contribution in [0.25, 0.3) is 11.3 Å². The van der Waals surface area contributed by atoms with Crippen LogP contribution >= 0.6 is 35.3 Å². The number of amides is 1. The molecule has 120 valence electrons. The molecule has 0 fully saturated rings. The van der Waals surface area contributed by atoms with Crippen molar-refractivity contribution in [3.8, 4) is 17.0 Å². The molecule has 1 amide bonds. The minimum absolute atomic E-state index is 0. The number of nitrogens with one attached hydrogen (secondary N) is 2. The molecule has 2 N–H and O–H groups in total. The molecule has 0 saturated carbocycles. The fourth-order valence-corrected chi connectivity index (χ4v) is 2.70. The number of thiazole rings is 1. The lowest BCUT2D eigenvalue weighted by Gasteiger charge is -2.04. The normalized spacial score (nSPS) is 9.95. The first-order valence-electron chi connectivity index (χ1n) is 6.38. The number of methoxy groups -OCH3 is 1. The minimum Gasteiger partial charge on any atom is -0.495 e. The molecular formula is C14H17Cl2N3O2S. The van der Waals surface area contributed by atoms with Gasteiger partial charge in [-0.15, -0.1) is 23.7 Å². The van der Waals surface area contributed by atoms with Crippen LogP contribution in [0.1, 0.15) is 6.42 Å². The van der Waals surface area contributed by atoms with Crippen LogP contribution in [0.3, 0.4) is 0 Å². The summed E-state index contributed by atoms with van der Waals surface area (Å²) in [6.07, 6.45) is 0.416. The fourth-order valence-electron chi connectivity index (χ4n) is 1.71. The maximum Gasteiger partial charge on any atom is 0.227 e. The first-order chi connectivity index (χ1) is 10.1. The predicted molar refractivity (Wildman–Crippen MR) is 93.5 cm³/mol. The van der Waals surface area contributed by atoms with Crippen LogP contribution in [0.4, 0.5) is 5.13 Å². The molecule has 0 radical (unpaired) electrons. The van der Waals surface area contributed by atoms with Crippen molar-refractivity contribution in [2.24, 2.45) is 0 Å². The van der Waals surface area contributed by atoms with Gasteiger partial charge < -0.3 is 15.4 Å². The van der Waals surface area contributed by atoms with Crippen molar-refractivity contribution in [2.75, 3.05) is 26.0 Å². The van der Waals surface area contributed by atoms with Crippen molar-refractivity contribution in [3.05, 3.63) is 28.6 Å². The number of ether oxygens (including phenoxy) is 1. The molecule has 1 heterocycles. The molecule has 2 rings (SSSR count). The largest absolute Gasteiger partial charge is 0.495 e. The Hall–Kier alpha value is -1.34. The number of carbonyl (C=O) groups is 1. The van der Waals surface area contributed by atoms with Gasteiger partial charge in [0.15, 0.2) is 5.13 Å². The van der Waals surface area contributed by atoms with E-state index in [1.54, 1.807) is 19.2 Å². The molecular weight excluding hydrogens is 345 g/mol. The van der Waals surface area contributed by atoms with E-state index in [9.17, 15) is 4.79 Å². The van der Waals surface area contributed by atoms with Crippen LogP contribution in [-0.2, 0) is 4.79 Å². The van der Waals surface area contributed by atoms with E-state index >= 15 is 0 Å². The van der Waals surface area contributed by atoms with Crippen LogP contribution < -0.4 is 15.4 Å². The van der Waals surface area contributed by atoms with Crippen molar-refractivity contribution in [2.45, 2.75) is 6.42 Å². The van der Waals surface area contributed by atoms with Gasteiger partial charge in [0, 0.05) is 23.9 Å². The van der Waals surface area contributed by atoms with Crippen LogP contribution in [-0.4, -0.2) is 31.6 Å². The van der Waals surface area contributed by atoms with Gasteiger partial charge in [0.2, 0.25) is 5.91 Å². The number of halogens is 2. The lowest BCUT2D eigenvalue weighted by molar-refractivity contribution is -0.116. The van der Waals surface area contributed by atoms with Gasteiger partial charge in [0.25, 0.3) is 0 Å². The summed E-state index contributed by atoms with van der Waals surface area (Å²) >= 11 is 7.49. The van der Waals surface area contributed by atoms with E-state index in [1.165, 1.54) is 11.3 Å². The molecule has 0 aliphatic heterocycles. The maximum atomic E-state index is 11.6. The smallest absolute Gasteiger partial charge is 0.227 e. The highest BCUT2D eigenvalue weighted by atomic mass is 35.5. The second kappa shape index (κ2) is 8.95. The van der Waals surface area contributed by atoms with Crippen molar-refractivity contribution in [3.63, 3.8) is 0 Å². The molecule has 1 aromatic heterocycles. The van der Waals surface area contributed by atoms with Gasteiger partial charge in [0.05, 0.1) is 17.8 Å². The van der Waals surface area contributed by atoms with Crippen LogP contribution in [0.5, 0.6) is 5.75 Å². The molecule has 0 aliphatic rings. The monoisotopic (exact) mass is 361 g/mol. The topological polar surface area (TPSA) is 63.2 Å². The zero-order chi connectivity index (χ0) is 15.2. The fraction of sp³-hybridized carbons (Fsp3) is 0.286. The molecule has 5 nitrogen and oxygen atoms in total. The van der Waals surface area contributed by atoms with E-state index in [0.29, 0.717) is 28.9 Å². The van der Waals surface area contributed by atoms with Gasteiger partial charge in [-0.3, -0.25) is 4.79 Å². The first kappa shape index (κ1) is 18.7. The molecule has 8 heteroatoms. The Morgan fingerprint density at radius 1 is 1.45 bits per heavy atom. The third-order valence-corrected chi connectivity index (χ3v) is 3.85. The lowest BCUT2D eigenvalue weighted by Crippen LogP contribution is -2.18. The van der Waals surface area contributed by atoms with Gasteiger partial charge in [0.1, 0.15) is 5.75 Å². The number of rotatable bonds is 6. The quantitative estimate of drug-likeness (QED) is 0.826. The molecule has 0 bridgehead atoms. The highest BCUT2D eigenvalue weighted by molar-refractivity contribution is 7.14. The Kier molecular flexibility index (Phi) is 7.61. The molecule has 0 spiro atoms. The summed E-state index contributed by atoms with van der Waals surface area (Å²) in [5, 5.41) is 8.70. The number of nitrogens with zero attached hydrogens (tertiary/aromatic N) is 1. The third-order valence-electron chi connectivity index (χ3n) is 2.80. The van der Waals surface area contributed by atoms with Crippen molar-refractivity contribution < 1.29 is 9.53 Å². The third kappa shape index (κ3) is 4.84. The Morgan fingerprint density at radius 3 is 2.86 bits per heavy atom. The molecule has 1 aromatic carbocycles. The van der Waals surface area contributed by atoms with E-state index in [-0.39, 0.29) is 18.3 Å². The Labute approximate surface area is 144 Å². The zero-order valence-electron chi connectivity index (χ0n) is 12.2. The number of carbonyl (C=O) groups excluding carboxylic acids is 1. The van der Waals surface area contributed by atoms with Gasteiger partial charge in [-0.1, -0.05) is 11.6 Å². The van der Waals surface area contributed by atoms with E-state index in [2.05, 4.69) is 15.6 Å². The summed E-state index contributed by atoms with van der Waals surface area (Å²) in [4.78, 5) is 16.0. The van der Waals surface area contributed by atoms with E-state index in [0.717, 1.165) is 11.3 Å². The number of hydrogen-bond donors (Lipinski definition) is 2. The average Bonchev–Trinajstić information content (AvgIpc) is 2.93. The highest BCUT2D eigenvalue weighted by Gasteiger charge is 2.09.